The van der Waals surface area contributed by atoms with Gasteiger partial charge >= 0.3 is 11.9 Å². The molecule has 2 unspecified atom stereocenters. The molecule has 6 heteroatoms. The van der Waals surface area contributed by atoms with Crippen LogP contribution >= 0.6 is 11.8 Å². The van der Waals surface area contributed by atoms with E-state index in [1.54, 1.807) is 0 Å². The van der Waals surface area contributed by atoms with Gasteiger partial charge in [-0.3, -0.25) is 9.59 Å². The highest BCUT2D eigenvalue weighted by atomic mass is 32.2. The Kier molecular flexibility index (Phi) is 6.43. The molecule has 0 aliphatic heterocycles. The highest BCUT2D eigenvalue weighted by molar-refractivity contribution is 7.98. The number of hydrogen-bond donors (Lipinski definition) is 3. The van der Waals surface area contributed by atoms with E-state index in [2.05, 4.69) is 0 Å². The molecule has 0 aromatic carbocycles. The summed E-state index contributed by atoms with van der Waals surface area (Å²) in [5.74, 6) is -2.85. The van der Waals surface area contributed by atoms with E-state index in [9.17, 15) is 9.59 Å². The Morgan fingerprint density at radius 1 is 1.44 bits per heavy atom. The maximum absolute atomic E-state index is 11.2. The van der Waals surface area contributed by atoms with Crippen LogP contribution in [0.15, 0.2) is 0 Å². The van der Waals surface area contributed by atoms with Gasteiger partial charge in [-0.15, -0.1) is 0 Å². The first-order valence-electron chi connectivity index (χ1n) is 5.14. The van der Waals surface area contributed by atoms with Gasteiger partial charge in [0.1, 0.15) is 5.54 Å². The smallest absolute Gasteiger partial charge is 0.324 e. The van der Waals surface area contributed by atoms with Crippen LogP contribution in [0.5, 0.6) is 0 Å². The van der Waals surface area contributed by atoms with Crippen molar-refractivity contribution in [3.05, 3.63) is 0 Å². The molecule has 0 aromatic heterocycles. The third-order valence-corrected chi connectivity index (χ3v) is 3.23. The molecule has 4 N–H and O–H groups in total. The van der Waals surface area contributed by atoms with E-state index in [1.807, 2.05) is 13.2 Å². The Balaban J connectivity index is 4.95. The summed E-state index contributed by atoms with van der Waals surface area (Å²) in [5, 5.41) is 18.1. The summed E-state index contributed by atoms with van der Waals surface area (Å²) in [6.45, 7) is 1.81. The second kappa shape index (κ2) is 6.75. The second-order valence-corrected chi connectivity index (χ2v) is 4.75. The van der Waals surface area contributed by atoms with Gasteiger partial charge in [-0.2, -0.15) is 11.8 Å². The molecular formula is C10H19NO4S. The average Bonchev–Trinajstić information content (AvgIpc) is 2.21. The number of nitrogens with two attached hydrogens (primary N) is 1. The highest BCUT2D eigenvalue weighted by Crippen LogP contribution is 2.25. The molecule has 0 fully saturated rings. The first kappa shape index (κ1) is 15.2. The summed E-state index contributed by atoms with van der Waals surface area (Å²) >= 11 is 1.46. The lowest BCUT2D eigenvalue weighted by Gasteiger charge is -2.30. The molecule has 0 heterocycles. The molecule has 2 atom stereocenters. The van der Waals surface area contributed by atoms with E-state index in [0.29, 0.717) is 12.2 Å². The Bertz CT molecular complexity index is 259. The molecule has 5 nitrogen and oxygen atoms in total. The summed E-state index contributed by atoms with van der Waals surface area (Å²) in [5.41, 5.74) is 4.10. The van der Waals surface area contributed by atoms with E-state index >= 15 is 0 Å². The summed E-state index contributed by atoms with van der Waals surface area (Å²) in [6, 6.07) is 0. The normalized spacial score (nSPS) is 16.4. The standard InChI is InChI=1S/C10H19NO4S/c1-3-4-7(8(12)13)10(11,9(14)15)5-6-16-2/h7H,3-6,11H2,1-2H3,(H,12,13)(H,14,15). The van der Waals surface area contributed by atoms with Gasteiger partial charge in [0.05, 0.1) is 5.92 Å². The fourth-order valence-electron chi connectivity index (χ4n) is 1.59. The summed E-state index contributed by atoms with van der Waals surface area (Å²) in [4.78, 5) is 22.2. The predicted molar refractivity (Wildman–Crippen MR) is 63.6 cm³/mol. The molecule has 0 aromatic rings. The van der Waals surface area contributed by atoms with Gasteiger partial charge in [-0.05, 0) is 24.9 Å². The zero-order valence-electron chi connectivity index (χ0n) is 9.60. The molecule has 0 aliphatic rings. The number of rotatable bonds is 8. The molecule has 0 rings (SSSR count). The van der Waals surface area contributed by atoms with Gasteiger partial charge in [0.15, 0.2) is 0 Å². The Hall–Kier alpha value is -0.750. The first-order valence-corrected chi connectivity index (χ1v) is 6.53. The minimum atomic E-state index is -1.66. The molecule has 0 bridgehead atoms. The monoisotopic (exact) mass is 249 g/mol. The maximum atomic E-state index is 11.2. The lowest BCUT2D eigenvalue weighted by molar-refractivity contribution is -0.156. The van der Waals surface area contributed by atoms with Crippen molar-refractivity contribution in [2.75, 3.05) is 12.0 Å². The zero-order valence-corrected chi connectivity index (χ0v) is 10.4. The summed E-state index contributed by atoms with van der Waals surface area (Å²) < 4.78 is 0. The van der Waals surface area contributed by atoms with Crippen LogP contribution < -0.4 is 5.73 Å². The van der Waals surface area contributed by atoms with Gasteiger partial charge in [-0.1, -0.05) is 13.3 Å². The quantitative estimate of drug-likeness (QED) is 0.594. The third kappa shape index (κ3) is 3.68. The van der Waals surface area contributed by atoms with E-state index in [0.717, 1.165) is 0 Å². The van der Waals surface area contributed by atoms with Gasteiger partial charge < -0.3 is 15.9 Å². The number of thioether (sulfide) groups is 1. The molecule has 0 aliphatic carbocycles. The van der Waals surface area contributed by atoms with Crippen molar-refractivity contribution in [1.82, 2.24) is 0 Å². The van der Waals surface area contributed by atoms with Crippen molar-refractivity contribution < 1.29 is 19.8 Å². The SMILES string of the molecule is CCCC(C(=O)O)C(N)(CCSC)C(=O)O. The number of hydrogen-bond acceptors (Lipinski definition) is 4. The van der Waals surface area contributed by atoms with Crippen LogP contribution in [0.1, 0.15) is 26.2 Å². The van der Waals surface area contributed by atoms with Crippen molar-refractivity contribution in [3.63, 3.8) is 0 Å². The van der Waals surface area contributed by atoms with E-state index in [4.69, 9.17) is 15.9 Å². The number of carbonyl (C=O) groups is 2. The lowest BCUT2D eigenvalue weighted by atomic mass is 9.79. The number of aliphatic carboxylic acids is 2. The first-order chi connectivity index (χ1) is 7.40. The average molecular weight is 249 g/mol. The molecule has 16 heavy (non-hydrogen) atoms. The summed E-state index contributed by atoms with van der Waals surface area (Å²) in [6.07, 6.45) is 2.88. The van der Waals surface area contributed by atoms with E-state index in [-0.39, 0.29) is 12.8 Å². The van der Waals surface area contributed by atoms with Crippen LogP contribution in [-0.4, -0.2) is 39.7 Å². The largest absolute Gasteiger partial charge is 0.481 e. The lowest BCUT2D eigenvalue weighted by Crippen LogP contribution is -2.57. The fraction of sp³-hybridized carbons (Fsp3) is 0.800. The fourth-order valence-corrected chi connectivity index (χ4v) is 2.13. The molecular weight excluding hydrogens is 230 g/mol. The van der Waals surface area contributed by atoms with Gasteiger partial charge in [-0.25, -0.2) is 0 Å². The van der Waals surface area contributed by atoms with Crippen LogP contribution in [0.3, 0.4) is 0 Å². The van der Waals surface area contributed by atoms with E-state index in [1.165, 1.54) is 11.8 Å². The van der Waals surface area contributed by atoms with Crippen LogP contribution in [-0.2, 0) is 9.59 Å². The van der Waals surface area contributed by atoms with Crippen molar-refractivity contribution >= 4 is 23.7 Å². The maximum Gasteiger partial charge on any atom is 0.324 e. The Morgan fingerprint density at radius 3 is 2.31 bits per heavy atom. The molecule has 94 valence electrons. The Labute approximate surface area is 99.4 Å². The highest BCUT2D eigenvalue weighted by Gasteiger charge is 2.45. The third-order valence-electron chi connectivity index (χ3n) is 2.62. The zero-order chi connectivity index (χ0) is 12.8. The van der Waals surface area contributed by atoms with Gasteiger partial charge in [0.2, 0.25) is 0 Å². The van der Waals surface area contributed by atoms with Crippen molar-refractivity contribution in [2.45, 2.75) is 31.7 Å². The molecule has 0 radical (unpaired) electrons. The Morgan fingerprint density at radius 2 is 2.00 bits per heavy atom. The molecule has 0 spiro atoms. The van der Waals surface area contributed by atoms with Crippen LogP contribution in [0.2, 0.25) is 0 Å². The van der Waals surface area contributed by atoms with Crippen molar-refractivity contribution in [1.29, 1.82) is 0 Å². The predicted octanol–water partition coefficient (Wildman–Crippen LogP) is 1.02. The molecule has 0 amide bonds. The van der Waals surface area contributed by atoms with Crippen LogP contribution in [0.4, 0.5) is 0 Å². The van der Waals surface area contributed by atoms with Gasteiger partial charge in [0, 0.05) is 0 Å². The topological polar surface area (TPSA) is 101 Å². The van der Waals surface area contributed by atoms with E-state index < -0.39 is 23.4 Å². The molecule has 0 saturated carbocycles. The van der Waals surface area contributed by atoms with Gasteiger partial charge in [0.25, 0.3) is 0 Å². The van der Waals surface area contributed by atoms with Crippen molar-refractivity contribution in [2.24, 2.45) is 11.7 Å². The number of carboxylic acids is 2. The van der Waals surface area contributed by atoms with Crippen molar-refractivity contribution in [3.8, 4) is 0 Å². The minimum absolute atomic E-state index is 0.167. The molecule has 0 saturated heterocycles. The minimum Gasteiger partial charge on any atom is -0.481 e. The van der Waals surface area contributed by atoms with Crippen LogP contribution in [0.25, 0.3) is 0 Å². The van der Waals surface area contributed by atoms with Crippen LogP contribution in [0, 0.1) is 5.92 Å². The summed E-state index contributed by atoms with van der Waals surface area (Å²) in [7, 11) is 0. The second-order valence-electron chi connectivity index (χ2n) is 3.77. The number of carboxylic acid groups (broad SMARTS) is 2.